The summed E-state index contributed by atoms with van der Waals surface area (Å²) in [5.74, 6) is -3.68. The molecule has 1 aliphatic heterocycles. The number of hydrogen-bond acceptors (Lipinski definition) is 4. The van der Waals surface area contributed by atoms with Gasteiger partial charge >= 0.3 is 0 Å². The lowest BCUT2D eigenvalue weighted by Crippen LogP contribution is -2.49. The molecule has 5 nitrogen and oxygen atoms in total. The van der Waals surface area contributed by atoms with Gasteiger partial charge < -0.3 is 4.90 Å². The van der Waals surface area contributed by atoms with Crippen LogP contribution in [0.25, 0.3) is 12.2 Å². The predicted molar refractivity (Wildman–Crippen MR) is 113 cm³/mol. The van der Waals surface area contributed by atoms with E-state index in [1.807, 2.05) is 18.2 Å². The van der Waals surface area contributed by atoms with E-state index in [1.54, 1.807) is 36.5 Å². The van der Waals surface area contributed by atoms with Crippen molar-refractivity contribution < 1.29 is 18.4 Å². The zero-order valence-electron chi connectivity index (χ0n) is 16.6. The van der Waals surface area contributed by atoms with Gasteiger partial charge in [0, 0.05) is 60.8 Å². The van der Waals surface area contributed by atoms with E-state index in [2.05, 4.69) is 4.98 Å². The summed E-state index contributed by atoms with van der Waals surface area (Å²) in [5.41, 5.74) is 1.91. The van der Waals surface area contributed by atoms with Crippen LogP contribution in [0.4, 0.5) is 8.78 Å². The molecular weight excluding hydrogens is 424 g/mol. The van der Waals surface area contributed by atoms with Crippen molar-refractivity contribution in [3.63, 3.8) is 0 Å². The molecule has 3 rings (SSSR count). The second-order valence-electron chi connectivity index (χ2n) is 7.31. The number of hydrogen-bond donors (Lipinski definition) is 0. The maximum atomic E-state index is 13.5. The molecule has 0 bridgehead atoms. The Kier molecular flexibility index (Phi) is 7.13. The van der Waals surface area contributed by atoms with Gasteiger partial charge in [-0.15, -0.1) is 0 Å². The molecule has 1 amide bonds. The molecular formula is C23H20ClF2N3O2. The van der Waals surface area contributed by atoms with Crippen molar-refractivity contribution in [2.75, 3.05) is 6.54 Å². The molecule has 0 radical (unpaired) electrons. The van der Waals surface area contributed by atoms with Crippen molar-refractivity contribution in [3.8, 4) is 6.07 Å². The molecule has 1 aromatic heterocycles. The van der Waals surface area contributed by atoms with Crippen LogP contribution in [0.5, 0.6) is 0 Å². The lowest BCUT2D eigenvalue weighted by molar-refractivity contribution is -0.140. The molecule has 8 heteroatoms. The standard InChI is InChI=1S/C23H20ClF2N3O2/c24-18-5-2-16(3-6-18)1-4-17-15-28-11-9-20(17)21(30)7-8-22(31)29-12-10-23(25,26)13-19(29)14-27/h1-6,9,11,15,19H,7-8,10,12-13H2/b4-1+/t19-/m0/s1. The molecule has 2 heterocycles. The number of amides is 1. The Balaban J connectivity index is 1.65. The number of halogens is 3. The summed E-state index contributed by atoms with van der Waals surface area (Å²) in [6.07, 6.45) is 5.24. The van der Waals surface area contributed by atoms with E-state index in [0.29, 0.717) is 16.1 Å². The van der Waals surface area contributed by atoms with Gasteiger partial charge in [0.25, 0.3) is 5.92 Å². The minimum Gasteiger partial charge on any atom is -0.326 e. The highest BCUT2D eigenvalue weighted by Gasteiger charge is 2.42. The third-order valence-corrected chi connectivity index (χ3v) is 5.35. The van der Waals surface area contributed by atoms with Crippen LogP contribution in [-0.4, -0.2) is 40.1 Å². The summed E-state index contributed by atoms with van der Waals surface area (Å²) in [5, 5.41) is 9.76. The average molecular weight is 444 g/mol. The molecule has 0 spiro atoms. The zero-order chi connectivity index (χ0) is 22.4. The number of rotatable bonds is 6. The Bertz CT molecular complexity index is 1030. The third kappa shape index (κ3) is 5.96. The van der Waals surface area contributed by atoms with E-state index in [-0.39, 0.29) is 25.2 Å². The Morgan fingerprint density at radius 1 is 1.23 bits per heavy atom. The fourth-order valence-corrected chi connectivity index (χ4v) is 3.53. The molecule has 0 unspecified atom stereocenters. The van der Waals surface area contributed by atoms with E-state index in [1.165, 1.54) is 6.20 Å². The molecule has 0 saturated carbocycles. The van der Waals surface area contributed by atoms with Gasteiger partial charge in [0.15, 0.2) is 5.78 Å². The topological polar surface area (TPSA) is 74.1 Å². The number of nitriles is 1. The third-order valence-electron chi connectivity index (χ3n) is 5.10. The Morgan fingerprint density at radius 2 is 1.97 bits per heavy atom. The molecule has 31 heavy (non-hydrogen) atoms. The first kappa shape index (κ1) is 22.6. The van der Waals surface area contributed by atoms with Crippen molar-refractivity contribution in [3.05, 3.63) is 64.4 Å². The number of benzene rings is 1. The van der Waals surface area contributed by atoms with E-state index in [0.717, 1.165) is 10.5 Å². The number of piperidine rings is 1. The summed E-state index contributed by atoms with van der Waals surface area (Å²) in [6.45, 7) is -0.192. The highest BCUT2D eigenvalue weighted by atomic mass is 35.5. The summed E-state index contributed by atoms with van der Waals surface area (Å²) >= 11 is 5.88. The lowest BCUT2D eigenvalue weighted by Gasteiger charge is -2.35. The maximum absolute atomic E-state index is 13.5. The van der Waals surface area contributed by atoms with E-state index in [4.69, 9.17) is 16.9 Å². The minimum atomic E-state index is -2.95. The first-order valence-corrected chi connectivity index (χ1v) is 10.1. The molecule has 0 N–H and O–H groups in total. The summed E-state index contributed by atoms with van der Waals surface area (Å²) in [7, 11) is 0. The largest absolute Gasteiger partial charge is 0.326 e. The SMILES string of the molecule is N#C[C@@H]1CC(F)(F)CCN1C(=O)CCC(=O)c1ccncc1/C=C/c1ccc(Cl)cc1. The van der Waals surface area contributed by atoms with Crippen molar-refractivity contribution in [2.45, 2.75) is 37.6 Å². The molecule has 0 aliphatic carbocycles. The van der Waals surface area contributed by atoms with Gasteiger partial charge in [-0.1, -0.05) is 35.9 Å². The Morgan fingerprint density at radius 3 is 2.68 bits per heavy atom. The number of Topliss-reactive ketones (excluding diaryl/α,β-unsaturated/α-hetero) is 1. The van der Waals surface area contributed by atoms with Gasteiger partial charge in [-0.3, -0.25) is 14.6 Å². The molecule has 2 aromatic rings. The van der Waals surface area contributed by atoms with Crippen molar-refractivity contribution >= 4 is 35.4 Å². The monoisotopic (exact) mass is 443 g/mol. The Hall–Kier alpha value is -3.11. The number of nitrogens with zero attached hydrogens (tertiary/aromatic N) is 3. The highest BCUT2D eigenvalue weighted by Crippen LogP contribution is 2.32. The normalized spacial score (nSPS) is 18.0. The quantitative estimate of drug-likeness (QED) is 0.587. The number of pyridine rings is 1. The van der Waals surface area contributed by atoms with Crippen LogP contribution in [0.2, 0.25) is 5.02 Å². The van der Waals surface area contributed by atoms with Gasteiger partial charge in [-0.25, -0.2) is 8.78 Å². The number of carbonyl (C=O) groups excluding carboxylic acids is 2. The minimum absolute atomic E-state index is 0.0876. The van der Waals surface area contributed by atoms with Gasteiger partial charge in [0.1, 0.15) is 6.04 Å². The molecule has 1 fully saturated rings. The summed E-state index contributed by atoms with van der Waals surface area (Å²) in [6, 6.07) is 9.36. The second-order valence-corrected chi connectivity index (χ2v) is 7.75. The molecule has 1 atom stereocenters. The molecule has 1 aromatic carbocycles. The average Bonchev–Trinajstić information content (AvgIpc) is 2.76. The number of carbonyl (C=O) groups is 2. The van der Waals surface area contributed by atoms with Crippen LogP contribution in [0.3, 0.4) is 0 Å². The number of aromatic nitrogens is 1. The van der Waals surface area contributed by atoms with E-state index >= 15 is 0 Å². The van der Waals surface area contributed by atoms with Crippen LogP contribution < -0.4 is 0 Å². The van der Waals surface area contributed by atoms with Crippen molar-refractivity contribution in [1.29, 1.82) is 5.26 Å². The van der Waals surface area contributed by atoms with Crippen molar-refractivity contribution in [1.82, 2.24) is 9.88 Å². The zero-order valence-corrected chi connectivity index (χ0v) is 17.4. The maximum Gasteiger partial charge on any atom is 0.252 e. The molecule has 1 aliphatic rings. The van der Waals surface area contributed by atoms with Crippen LogP contribution in [0, 0.1) is 11.3 Å². The summed E-state index contributed by atoms with van der Waals surface area (Å²) in [4.78, 5) is 30.4. The first-order valence-electron chi connectivity index (χ1n) is 9.77. The van der Waals surface area contributed by atoms with Crippen LogP contribution >= 0.6 is 11.6 Å². The van der Waals surface area contributed by atoms with Gasteiger partial charge in [0.05, 0.1) is 6.07 Å². The highest BCUT2D eigenvalue weighted by molar-refractivity contribution is 6.30. The molecule has 160 valence electrons. The smallest absolute Gasteiger partial charge is 0.252 e. The lowest BCUT2D eigenvalue weighted by atomic mass is 9.97. The number of alkyl halides is 2. The molecule has 1 saturated heterocycles. The number of likely N-dealkylation sites (tertiary alicyclic amines) is 1. The van der Waals surface area contributed by atoms with Gasteiger partial charge in [0.2, 0.25) is 5.91 Å². The first-order chi connectivity index (χ1) is 14.8. The fourth-order valence-electron chi connectivity index (χ4n) is 3.40. The van der Waals surface area contributed by atoms with Gasteiger partial charge in [-0.2, -0.15) is 5.26 Å². The van der Waals surface area contributed by atoms with Crippen LogP contribution in [0.15, 0.2) is 42.7 Å². The summed E-state index contributed by atoms with van der Waals surface area (Å²) < 4.78 is 27.0. The number of ketones is 1. The predicted octanol–water partition coefficient (Wildman–Crippen LogP) is 5.02. The van der Waals surface area contributed by atoms with Crippen molar-refractivity contribution in [2.24, 2.45) is 0 Å². The van der Waals surface area contributed by atoms with Crippen LogP contribution in [-0.2, 0) is 4.79 Å². The second kappa shape index (κ2) is 9.80. The van der Waals surface area contributed by atoms with E-state index in [9.17, 15) is 18.4 Å². The van der Waals surface area contributed by atoms with Gasteiger partial charge in [-0.05, 0) is 23.8 Å². The van der Waals surface area contributed by atoms with Crippen LogP contribution in [0.1, 0.15) is 47.2 Å². The Labute approximate surface area is 184 Å². The van der Waals surface area contributed by atoms with E-state index < -0.39 is 30.7 Å². The fraction of sp³-hybridized carbons (Fsp3) is 0.304.